The van der Waals surface area contributed by atoms with Gasteiger partial charge in [-0.25, -0.2) is 0 Å². The van der Waals surface area contributed by atoms with Gasteiger partial charge in [-0.05, 0) is 37.0 Å². The number of alkyl halides is 3. The summed E-state index contributed by atoms with van der Waals surface area (Å²) in [6.07, 6.45) is -0.838. The zero-order valence-electron chi connectivity index (χ0n) is 11.9. The minimum Gasteiger partial charge on any atom is -0.405 e. The van der Waals surface area contributed by atoms with Crippen LogP contribution >= 0.6 is 15.9 Å². The molecule has 1 aliphatic rings. The van der Waals surface area contributed by atoms with Crippen molar-refractivity contribution in [3.63, 3.8) is 0 Å². The molecule has 22 heavy (non-hydrogen) atoms. The molecule has 1 aromatic carbocycles. The van der Waals surface area contributed by atoms with Crippen LogP contribution in [-0.4, -0.2) is 17.6 Å². The summed E-state index contributed by atoms with van der Waals surface area (Å²) in [5.41, 5.74) is 6.20. The number of benzene rings is 1. The number of nitrogens with two attached hydrogens (primary N) is 1. The molecule has 124 valence electrons. The Labute approximate surface area is 135 Å². The molecule has 2 atom stereocenters. The lowest BCUT2D eigenvalue weighted by molar-refractivity contribution is -0.275. The van der Waals surface area contributed by atoms with Crippen LogP contribution in [0.25, 0.3) is 0 Å². The summed E-state index contributed by atoms with van der Waals surface area (Å²) in [5, 5.41) is 10.4. The molecule has 7 heteroatoms. The van der Waals surface area contributed by atoms with Crippen molar-refractivity contribution < 1.29 is 23.0 Å². The van der Waals surface area contributed by atoms with Crippen LogP contribution in [-0.2, 0) is 0 Å². The van der Waals surface area contributed by atoms with Crippen molar-refractivity contribution >= 4 is 15.9 Å². The lowest BCUT2D eigenvalue weighted by Gasteiger charge is -2.31. The van der Waals surface area contributed by atoms with Crippen LogP contribution in [0.3, 0.4) is 0 Å². The van der Waals surface area contributed by atoms with Gasteiger partial charge >= 0.3 is 6.36 Å². The highest BCUT2D eigenvalue weighted by Crippen LogP contribution is 2.37. The summed E-state index contributed by atoms with van der Waals surface area (Å²) in [6, 6.07) is 3.21. The topological polar surface area (TPSA) is 55.5 Å². The van der Waals surface area contributed by atoms with Crippen molar-refractivity contribution in [2.45, 2.75) is 50.6 Å². The number of halogens is 4. The maximum absolute atomic E-state index is 12.5. The van der Waals surface area contributed by atoms with Gasteiger partial charge in [0.25, 0.3) is 0 Å². The molecule has 2 rings (SSSR count). The third-order valence-electron chi connectivity index (χ3n) is 4.06. The van der Waals surface area contributed by atoms with Gasteiger partial charge in [-0.3, -0.25) is 0 Å². The zero-order chi connectivity index (χ0) is 16.3. The monoisotopic (exact) mass is 381 g/mol. The minimum absolute atomic E-state index is 0.0152. The van der Waals surface area contributed by atoms with Gasteiger partial charge in [-0.2, -0.15) is 0 Å². The Morgan fingerprint density at radius 2 is 1.86 bits per heavy atom. The van der Waals surface area contributed by atoms with Crippen LogP contribution in [0.1, 0.15) is 43.7 Å². The van der Waals surface area contributed by atoms with Gasteiger partial charge in [0.15, 0.2) is 0 Å². The Morgan fingerprint density at radius 1 is 1.23 bits per heavy atom. The second-order valence-corrected chi connectivity index (χ2v) is 6.56. The third-order valence-corrected chi connectivity index (χ3v) is 4.55. The normalized spacial score (nSPS) is 19.7. The summed E-state index contributed by atoms with van der Waals surface area (Å²) in [4.78, 5) is 0. The molecule has 0 spiro atoms. The fraction of sp³-hybridized carbons (Fsp3) is 0.600. The average molecular weight is 382 g/mol. The van der Waals surface area contributed by atoms with Crippen LogP contribution in [0.4, 0.5) is 13.2 Å². The van der Waals surface area contributed by atoms with E-state index in [4.69, 9.17) is 5.73 Å². The van der Waals surface area contributed by atoms with Gasteiger partial charge in [0, 0.05) is 10.0 Å². The molecule has 0 bridgehead atoms. The minimum atomic E-state index is -4.79. The van der Waals surface area contributed by atoms with Crippen LogP contribution in [0, 0.1) is 5.92 Å². The number of hydrogen-bond acceptors (Lipinski definition) is 3. The summed E-state index contributed by atoms with van der Waals surface area (Å²) < 4.78 is 42.1. The molecule has 0 unspecified atom stereocenters. The SMILES string of the molecule is N[C@@H](c1cc(Br)ccc1OC(F)(F)F)[C@H](O)C1CCCCC1. The lowest BCUT2D eigenvalue weighted by atomic mass is 9.81. The molecule has 1 aliphatic carbocycles. The van der Waals surface area contributed by atoms with Crippen molar-refractivity contribution in [2.75, 3.05) is 0 Å². The first-order valence-corrected chi connectivity index (χ1v) is 8.06. The van der Waals surface area contributed by atoms with E-state index in [2.05, 4.69) is 20.7 Å². The highest BCUT2D eigenvalue weighted by molar-refractivity contribution is 9.10. The van der Waals surface area contributed by atoms with E-state index in [9.17, 15) is 18.3 Å². The van der Waals surface area contributed by atoms with Crippen molar-refractivity contribution in [3.05, 3.63) is 28.2 Å². The Hall–Kier alpha value is -0.790. The Balaban J connectivity index is 2.23. The van der Waals surface area contributed by atoms with E-state index in [1.54, 1.807) is 0 Å². The van der Waals surface area contributed by atoms with Crippen molar-refractivity contribution in [2.24, 2.45) is 11.7 Å². The Kier molecular flexibility index (Phi) is 5.74. The number of aliphatic hydroxyl groups is 1. The average Bonchev–Trinajstić information content (AvgIpc) is 2.47. The zero-order valence-corrected chi connectivity index (χ0v) is 13.5. The molecule has 0 radical (unpaired) electrons. The molecule has 0 heterocycles. The quantitative estimate of drug-likeness (QED) is 0.817. The highest BCUT2D eigenvalue weighted by atomic mass is 79.9. The Bertz CT molecular complexity index is 504. The molecular weight excluding hydrogens is 363 g/mol. The van der Waals surface area contributed by atoms with E-state index in [1.807, 2.05) is 0 Å². The van der Waals surface area contributed by atoms with E-state index in [0.717, 1.165) is 32.1 Å². The summed E-state index contributed by atoms with van der Waals surface area (Å²) in [5.74, 6) is -0.348. The van der Waals surface area contributed by atoms with Gasteiger partial charge in [-0.1, -0.05) is 35.2 Å². The van der Waals surface area contributed by atoms with Crippen molar-refractivity contribution in [1.82, 2.24) is 0 Å². The van der Waals surface area contributed by atoms with Crippen molar-refractivity contribution in [1.29, 1.82) is 0 Å². The predicted molar refractivity (Wildman–Crippen MR) is 80.3 cm³/mol. The molecule has 0 amide bonds. The van der Waals surface area contributed by atoms with Gasteiger partial charge < -0.3 is 15.6 Å². The van der Waals surface area contributed by atoms with Gasteiger partial charge in [-0.15, -0.1) is 13.2 Å². The molecule has 1 saturated carbocycles. The van der Waals surface area contributed by atoms with Crippen LogP contribution in [0.5, 0.6) is 5.75 Å². The number of ether oxygens (including phenoxy) is 1. The smallest absolute Gasteiger partial charge is 0.405 e. The maximum atomic E-state index is 12.5. The summed E-state index contributed by atoms with van der Waals surface area (Å²) in [7, 11) is 0. The van der Waals surface area contributed by atoms with Gasteiger partial charge in [0.1, 0.15) is 5.75 Å². The van der Waals surface area contributed by atoms with E-state index in [1.165, 1.54) is 18.2 Å². The van der Waals surface area contributed by atoms with E-state index in [0.29, 0.717) is 4.47 Å². The Morgan fingerprint density at radius 3 is 2.45 bits per heavy atom. The second-order valence-electron chi connectivity index (χ2n) is 5.64. The standard InChI is InChI=1S/C15H19BrF3NO2/c16-10-6-7-12(22-15(17,18)19)11(8-10)13(20)14(21)9-4-2-1-3-5-9/h6-9,13-14,21H,1-5,20H2/t13-,14+/m0/s1. The number of rotatable bonds is 4. The number of hydrogen-bond donors (Lipinski definition) is 2. The molecule has 0 aliphatic heterocycles. The molecule has 0 saturated heterocycles. The van der Waals surface area contributed by atoms with E-state index in [-0.39, 0.29) is 17.2 Å². The van der Waals surface area contributed by atoms with Crippen LogP contribution in [0.15, 0.2) is 22.7 Å². The highest BCUT2D eigenvalue weighted by Gasteiger charge is 2.35. The largest absolute Gasteiger partial charge is 0.573 e. The first-order chi connectivity index (χ1) is 10.3. The molecular formula is C15H19BrF3NO2. The first-order valence-electron chi connectivity index (χ1n) is 7.27. The molecule has 0 aromatic heterocycles. The van der Waals surface area contributed by atoms with Crippen LogP contribution < -0.4 is 10.5 Å². The summed E-state index contributed by atoms with van der Waals surface area (Å²) >= 11 is 3.22. The van der Waals surface area contributed by atoms with Gasteiger partial charge in [0.05, 0.1) is 12.1 Å². The van der Waals surface area contributed by atoms with Crippen LogP contribution in [0.2, 0.25) is 0 Å². The second kappa shape index (κ2) is 7.19. The fourth-order valence-corrected chi connectivity index (χ4v) is 3.33. The van der Waals surface area contributed by atoms with Gasteiger partial charge in [0.2, 0.25) is 0 Å². The van der Waals surface area contributed by atoms with E-state index < -0.39 is 18.5 Å². The maximum Gasteiger partial charge on any atom is 0.573 e. The van der Waals surface area contributed by atoms with Crippen molar-refractivity contribution in [3.8, 4) is 5.75 Å². The molecule has 3 N–H and O–H groups in total. The summed E-state index contributed by atoms with van der Waals surface area (Å²) in [6.45, 7) is 0. The third kappa shape index (κ3) is 4.60. The van der Waals surface area contributed by atoms with E-state index >= 15 is 0 Å². The molecule has 1 aromatic rings. The molecule has 1 fully saturated rings. The number of aliphatic hydroxyl groups excluding tert-OH is 1. The lowest BCUT2D eigenvalue weighted by Crippen LogP contribution is -2.34. The fourth-order valence-electron chi connectivity index (χ4n) is 2.95. The predicted octanol–water partition coefficient (Wildman–Crippen LogP) is 4.29. The first kappa shape index (κ1) is 17.6. The molecule has 3 nitrogen and oxygen atoms in total.